The molecule has 0 atom stereocenters. The van der Waals surface area contributed by atoms with E-state index in [1.165, 1.54) is 21.9 Å². The van der Waals surface area contributed by atoms with Crippen LogP contribution in [0.4, 0.5) is 4.39 Å². The Morgan fingerprint density at radius 2 is 1.38 bits per heavy atom. The molecule has 224 valence electrons. The molecule has 0 aliphatic rings. The molecule has 0 bridgehead atoms. The lowest BCUT2D eigenvalue weighted by Crippen LogP contribution is -2.47. The highest BCUT2D eigenvalue weighted by Gasteiger charge is 2.22. The lowest BCUT2D eigenvalue weighted by atomic mass is 10.1. The van der Waals surface area contributed by atoms with Crippen molar-refractivity contribution in [1.29, 1.82) is 0 Å². The fourth-order valence-corrected chi connectivity index (χ4v) is 4.98. The Labute approximate surface area is 256 Å². The maximum Gasteiger partial charge on any atom is 0.242 e. The van der Waals surface area contributed by atoms with Crippen molar-refractivity contribution in [2.75, 3.05) is 33.3 Å². The number of hydrogen-bond donors (Lipinski definition) is 1. The van der Waals surface area contributed by atoms with Gasteiger partial charge in [-0.3, -0.25) is 14.4 Å². The highest BCUT2D eigenvalue weighted by molar-refractivity contribution is 6.35. The molecule has 10 heteroatoms. The number of nitrogens with zero attached hydrogens (tertiary/aromatic N) is 2. The molecule has 0 saturated heterocycles. The average molecular weight is 617 g/mol. The van der Waals surface area contributed by atoms with Gasteiger partial charge in [-0.1, -0.05) is 53.5 Å². The summed E-state index contributed by atoms with van der Waals surface area (Å²) >= 11 is 12.2. The minimum Gasteiger partial charge on any atom is -0.497 e. The quantitative estimate of drug-likeness (QED) is 0.216. The number of ether oxygens (including phenoxy) is 1. The minimum absolute atomic E-state index is 0.179. The topological polar surface area (TPSA) is 92.9 Å². The number of nitrogens with two attached hydrogens (primary N) is 1. The van der Waals surface area contributed by atoms with Gasteiger partial charge in [0.25, 0.3) is 0 Å². The van der Waals surface area contributed by atoms with E-state index in [1.807, 2.05) is 30.3 Å². The van der Waals surface area contributed by atoms with Crippen LogP contribution in [0.1, 0.15) is 36.0 Å². The number of hydrogen-bond acceptors (Lipinski definition) is 4. The Morgan fingerprint density at radius 1 is 0.786 bits per heavy atom. The van der Waals surface area contributed by atoms with Crippen LogP contribution in [-0.2, 0) is 33.6 Å². The van der Waals surface area contributed by atoms with Gasteiger partial charge in [-0.25, -0.2) is 4.39 Å². The number of carbonyl (C=O) groups excluding carboxylic acids is 3. The molecule has 3 aromatic rings. The predicted octanol–water partition coefficient (Wildman–Crippen LogP) is 5.48. The van der Waals surface area contributed by atoms with E-state index in [9.17, 15) is 18.8 Å². The van der Waals surface area contributed by atoms with E-state index < -0.39 is 5.91 Å². The lowest BCUT2D eigenvalue weighted by Gasteiger charge is -2.27. The standard InChI is InChI=1S/C32H36Cl2FN3O4/c1-42-28-14-8-24(9-15-28)16-18-37(21-30(36)39)32(41)22-38(19-17-23-6-12-27(35)13-7-23)31(40)5-3-2-4-25-10-11-26(33)20-29(25)34/h6-15,20H,2-5,16-19,21-22H2,1H3,(H2,36,39). The van der Waals surface area contributed by atoms with Crippen LogP contribution in [0.25, 0.3) is 0 Å². The minimum atomic E-state index is -0.636. The number of rotatable bonds is 16. The molecule has 0 spiro atoms. The first-order valence-corrected chi connectivity index (χ1v) is 14.6. The van der Waals surface area contributed by atoms with Gasteiger partial charge in [0.2, 0.25) is 17.7 Å². The van der Waals surface area contributed by atoms with Gasteiger partial charge >= 0.3 is 0 Å². The number of primary amides is 1. The summed E-state index contributed by atoms with van der Waals surface area (Å²) in [6.45, 7) is 0.0772. The van der Waals surface area contributed by atoms with Crippen LogP contribution in [0.5, 0.6) is 5.75 Å². The summed E-state index contributed by atoms with van der Waals surface area (Å²) in [7, 11) is 1.58. The summed E-state index contributed by atoms with van der Waals surface area (Å²) in [5.41, 5.74) is 8.20. The molecule has 0 aliphatic heterocycles. The summed E-state index contributed by atoms with van der Waals surface area (Å²) < 4.78 is 18.6. The van der Waals surface area contributed by atoms with Crippen LogP contribution < -0.4 is 10.5 Å². The maximum atomic E-state index is 13.4. The smallest absolute Gasteiger partial charge is 0.242 e. The Bertz CT molecular complexity index is 1340. The second-order valence-electron chi connectivity index (χ2n) is 10.0. The number of halogens is 3. The van der Waals surface area contributed by atoms with Crippen LogP contribution in [-0.4, -0.2) is 60.8 Å². The van der Waals surface area contributed by atoms with Crippen molar-refractivity contribution >= 4 is 40.9 Å². The van der Waals surface area contributed by atoms with Gasteiger partial charge < -0.3 is 20.3 Å². The largest absolute Gasteiger partial charge is 0.497 e. The molecular weight excluding hydrogens is 580 g/mol. The zero-order chi connectivity index (χ0) is 30.5. The fraction of sp³-hybridized carbons (Fsp3) is 0.344. The van der Waals surface area contributed by atoms with Crippen molar-refractivity contribution in [2.24, 2.45) is 5.73 Å². The van der Waals surface area contributed by atoms with E-state index in [0.29, 0.717) is 35.7 Å². The number of benzene rings is 3. The van der Waals surface area contributed by atoms with Crippen molar-refractivity contribution in [3.05, 3.63) is 99.3 Å². The molecule has 0 heterocycles. The summed E-state index contributed by atoms with van der Waals surface area (Å²) in [5.74, 6) is -0.815. The summed E-state index contributed by atoms with van der Waals surface area (Å²) in [4.78, 5) is 41.4. The van der Waals surface area contributed by atoms with E-state index in [1.54, 1.807) is 31.4 Å². The summed E-state index contributed by atoms with van der Waals surface area (Å²) in [6, 6.07) is 18.8. The molecule has 2 N–H and O–H groups in total. The van der Waals surface area contributed by atoms with Gasteiger partial charge in [0.15, 0.2) is 0 Å². The second kappa shape index (κ2) is 16.7. The average Bonchev–Trinajstić information content (AvgIpc) is 2.97. The molecule has 0 aromatic heterocycles. The highest BCUT2D eigenvalue weighted by Crippen LogP contribution is 2.23. The van der Waals surface area contributed by atoms with Gasteiger partial charge in [0.1, 0.15) is 11.6 Å². The van der Waals surface area contributed by atoms with Crippen LogP contribution in [0.15, 0.2) is 66.7 Å². The lowest BCUT2D eigenvalue weighted by molar-refractivity contribution is -0.141. The number of methoxy groups -OCH3 is 1. The van der Waals surface area contributed by atoms with Crippen LogP contribution >= 0.6 is 23.2 Å². The van der Waals surface area contributed by atoms with E-state index in [0.717, 1.165) is 28.9 Å². The molecule has 7 nitrogen and oxygen atoms in total. The van der Waals surface area contributed by atoms with E-state index in [-0.39, 0.29) is 50.2 Å². The van der Waals surface area contributed by atoms with Crippen molar-refractivity contribution < 1.29 is 23.5 Å². The van der Waals surface area contributed by atoms with Crippen molar-refractivity contribution in [3.8, 4) is 5.75 Å². The second-order valence-corrected chi connectivity index (χ2v) is 10.9. The Kier molecular flexibility index (Phi) is 13.1. The third kappa shape index (κ3) is 11.0. The fourth-order valence-electron chi connectivity index (χ4n) is 4.48. The molecule has 0 radical (unpaired) electrons. The van der Waals surface area contributed by atoms with E-state index >= 15 is 0 Å². The first kappa shape index (κ1) is 32.9. The van der Waals surface area contributed by atoms with Crippen molar-refractivity contribution in [3.63, 3.8) is 0 Å². The molecule has 42 heavy (non-hydrogen) atoms. The van der Waals surface area contributed by atoms with E-state index in [4.69, 9.17) is 33.7 Å². The summed E-state index contributed by atoms with van der Waals surface area (Å²) in [6.07, 6.45) is 3.20. The van der Waals surface area contributed by atoms with Crippen molar-refractivity contribution in [1.82, 2.24) is 9.80 Å². The van der Waals surface area contributed by atoms with Crippen molar-refractivity contribution in [2.45, 2.75) is 38.5 Å². The number of carbonyl (C=O) groups is 3. The van der Waals surface area contributed by atoms with Crippen LogP contribution in [0.3, 0.4) is 0 Å². The van der Waals surface area contributed by atoms with Gasteiger partial charge in [-0.2, -0.15) is 0 Å². The summed E-state index contributed by atoms with van der Waals surface area (Å²) in [5, 5.41) is 1.15. The maximum absolute atomic E-state index is 13.4. The Balaban J connectivity index is 1.64. The first-order valence-electron chi connectivity index (χ1n) is 13.8. The SMILES string of the molecule is COc1ccc(CCN(CC(N)=O)C(=O)CN(CCc2ccc(F)cc2)C(=O)CCCCc2ccc(Cl)cc2Cl)cc1. The molecule has 3 amide bonds. The predicted molar refractivity (Wildman–Crippen MR) is 163 cm³/mol. The Morgan fingerprint density at radius 3 is 1.95 bits per heavy atom. The first-order chi connectivity index (χ1) is 20.1. The molecule has 3 aromatic carbocycles. The number of aryl methyl sites for hydroxylation is 1. The normalized spacial score (nSPS) is 10.8. The molecule has 0 aliphatic carbocycles. The monoisotopic (exact) mass is 615 g/mol. The zero-order valence-corrected chi connectivity index (χ0v) is 25.2. The van der Waals surface area contributed by atoms with Crippen LogP contribution in [0, 0.1) is 5.82 Å². The van der Waals surface area contributed by atoms with Crippen LogP contribution in [0.2, 0.25) is 10.0 Å². The third-order valence-corrected chi connectivity index (χ3v) is 7.48. The van der Waals surface area contributed by atoms with Gasteiger partial charge in [0.05, 0.1) is 20.2 Å². The third-order valence-electron chi connectivity index (χ3n) is 6.89. The molecule has 0 unspecified atom stereocenters. The highest BCUT2D eigenvalue weighted by atomic mass is 35.5. The molecule has 3 rings (SSSR count). The van der Waals surface area contributed by atoms with Gasteiger partial charge in [-0.15, -0.1) is 0 Å². The molecule has 0 fully saturated rings. The molecule has 0 saturated carbocycles. The number of unbranched alkanes of at least 4 members (excludes halogenated alkanes) is 1. The number of amides is 3. The Hall–Kier alpha value is -3.62. The van der Waals surface area contributed by atoms with E-state index in [2.05, 4.69) is 0 Å². The van der Waals surface area contributed by atoms with Gasteiger partial charge in [0, 0.05) is 29.6 Å². The molecular formula is C32H36Cl2FN3O4. The zero-order valence-electron chi connectivity index (χ0n) is 23.7. The van der Waals surface area contributed by atoms with Gasteiger partial charge in [-0.05, 0) is 85.2 Å².